The number of hydrogen-bond acceptors (Lipinski definition) is 2. The third kappa shape index (κ3) is 1.81. The summed E-state index contributed by atoms with van der Waals surface area (Å²) < 4.78 is 0. The van der Waals surface area contributed by atoms with Crippen molar-refractivity contribution in [1.29, 1.82) is 0 Å². The molecule has 0 saturated heterocycles. The van der Waals surface area contributed by atoms with Gasteiger partial charge in [-0.3, -0.25) is 0 Å². The highest BCUT2D eigenvalue weighted by Gasteiger charge is 2.00. The molecule has 0 aliphatic carbocycles. The molecule has 64 valence electrons. The molecule has 0 N–H and O–H groups in total. The molecule has 2 heteroatoms. The van der Waals surface area contributed by atoms with E-state index in [1.54, 1.807) is 24.3 Å². The third-order valence-electron chi connectivity index (χ3n) is 1.71. The molecule has 0 atom stereocenters. The van der Waals surface area contributed by atoms with Crippen molar-refractivity contribution in [2.45, 2.75) is 0 Å². The number of rotatable bonds is 3. The second kappa shape index (κ2) is 4.19. The highest BCUT2D eigenvalue weighted by atomic mass is 16.1. The Morgan fingerprint density at radius 2 is 2.08 bits per heavy atom. The minimum absolute atomic E-state index is 0.572. The molecule has 0 heterocycles. The van der Waals surface area contributed by atoms with E-state index in [0.29, 0.717) is 5.69 Å². The number of nitrogens with zero attached hydrogens (tertiary/aromatic N) is 1. The Kier molecular flexibility index (Phi) is 2.96. The van der Waals surface area contributed by atoms with Crippen molar-refractivity contribution < 1.29 is 4.79 Å². The zero-order valence-corrected chi connectivity index (χ0v) is 7.16. The zero-order valence-electron chi connectivity index (χ0n) is 7.16. The van der Waals surface area contributed by atoms with E-state index in [2.05, 4.69) is 18.2 Å². The zero-order chi connectivity index (χ0) is 9.68. The molecule has 0 aliphatic rings. The molecular weight excluding hydrogens is 162 g/mol. The summed E-state index contributed by atoms with van der Waals surface area (Å²) in [6.07, 6.45) is 4.84. The SMILES string of the molecule is C=Cc1cccc(N=C=O)c1C=C. The lowest BCUT2D eigenvalue weighted by Gasteiger charge is -2.02. The summed E-state index contributed by atoms with van der Waals surface area (Å²) in [6.45, 7) is 7.30. The Hall–Kier alpha value is -1.92. The third-order valence-corrected chi connectivity index (χ3v) is 1.71. The number of isocyanates is 1. The second-order valence-electron chi connectivity index (χ2n) is 2.39. The number of benzene rings is 1. The van der Waals surface area contributed by atoms with E-state index in [-0.39, 0.29) is 0 Å². The van der Waals surface area contributed by atoms with Gasteiger partial charge in [-0.1, -0.05) is 37.4 Å². The van der Waals surface area contributed by atoms with Crippen molar-refractivity contribution in [3.05, 3.63) is 42.5 Å². The van der Waals surface area contributed by atoms with E-state index in [0.717, 1.165) is 11.1 Å². The van der Waals surface area contributed by atoms with Crippen LogP contribution in [0.15, 0.2) is 36.3 Å². The van der Waals surface area contributed by atoms with Gasteiger partial charge in [-0.25, -0.2) is 4.79 Å². The fourth-order valence-corrected chi connectivity index (χ4v) is 1.12. The van der Waals surface area contributed by atoms with Crippen LogP contribution in [0, 0.1) is 0 Å². The molecule has 0 spiro atoms. The van der Waals surface area contributed by atoms with Crippen LogP contribution in [0.3, 0.4) is 0 Å². The van der Waals surface area contributed by atoms with E-state index >= 15 is 0 Å². The summed E-state index contributed by atoms with van der Waals surface area (Å²) in [5.74, 6) is 0. The van der Waals surface area contributed by atoms with Crippen LogP contribution in [0.5, 0.6) is 0 Å². The van der Waals surface area contributed by atoms with Crippen molar-refractivity contribution in [2.24, 2.45) is 4.99 Å². The van der Waals surface area contributed by atoms with Gasteiger partial charge in [0.2, 0.25) is 6.08 Å². The Labute approximate surface area is 76.9 Å². The molecule has 0 saturated carbocycles. The lowest BCUT2D eigenvalue weighted by atomic mass is 10.1. The number of aliphatic imine (C=N–C) groups is 1. The molecular formula is C11H9NO. The highest BCUT2D eigenvalue weighted by molar-refractivity contribution is 5.74. The van der Waals surface area contributed by atoms with Gasteiger partial charge in [-0.2, -0.15) is 4.99 Å². The van der Waals surface area contributed by atoms with Gasteiger partial charge < -0.3 is 0 Å². The smallest absolute Gasteiger partial charge is 0.211 e. The average molecular weight is 171 g/mol. The van der Waals surface area contributed by atoms with Crippen LogP contribution in [-0.2, 0) is 4.79 Å². The summed E-state index contributed by atoms with van der Waals surface area (Å²) in [6, 6.07) is 5.42. The molecule has 1 aromatic rings. The van der Waals surface area contributed by atoms with Crippen molar-refractivity contribution in [3.63, 3.8) is 0 Å². The molecule has 0 unspecified atom stereocenters. The fraction of sp³-hybridized carbons (Fsp3) is 0. The van der Waals surface area contributed by atoms with Gasteiger partial charge in [-0.05, 0) is 11.6 Å². The molecule has 0 fully saturated rings. The first kappa shape index (κ1) is 9.17. The van der Waals surface area contributed by atoms with Crippen LogP contribution in [-0.4, -0.2) is 6.08 Å². The summed E-state index contributed by atoms with van der Waals surface area (Å²) in [5, 5.41) is 0. The Morgan fingerprint density at radius 1 is 1.31 bits per heavy atom. The maximum Gasteiger partial charge on any atom is 0.240 e. The summed E-state index contributed by atoms with van der Waals surface area (Å²) in [5.41, 5.74) is 2.29. The largest absolute Gasteiger partial charge is 0.240 e. The van der Waals surface area contributed by atoms with Crippen LogP contribution in [0.1, 0.15) is 11.1 Å². The van der Waals surface area contributed by atoms with Crippen LogP contribution in [0.25, 0.3) is 12.2 Å². The van der Waals surface area contributed by atoms with E-state index in [1.165, 1.54) is 6.08 Å². The molecule has 13 heavy (non-hydrogen) atoms. The van der Waals surface area contributed by atoms with Crippen molar-refractivity contribution >= 4 is 23.9 Å². The van der Waals surface area contributed by atoms with Gasteiger partial charge in [0.05, 0.1) is 5.69 Å². The van der Waals surface area contributed by atoms with E-state index < -0.39 is 0 Å². The predicted octanol–water partition coefficient (Wildman–Crippen LogP) is 2.94. The van der Waals surface area contributed by atoms with Crippen LogP contribution in [0.4, 0.5) is 5.69 Å². The fourth-order valence-electron chi connectivity index (χ4n) is 1.12. The lowest BCUT2D eigenvalue weighted by Crippen LogP contribution is -1.80. The minimum Gasteiger partial charge on any atom is -0.211 e. The average Bonchev–Trinajstić information content (AvgIpc) is 2.18. The van der Waals surface area contributed by atoms with Gasteiger partial charge in [0, 0.05) is 5.56 Å². The van der Waals surface area contributed by atoms with E-state index in [4.69, 9.17) is 0 Å². The van der Waals surface area contributed by atoms with Crippen molar-refractivity contribution in [3.8, 4) is 0 Å². The second-order valence-corrected chi connectivity index (χ2v) is 2.39. The van der Waals surface area contributed by atoms with Gasteiger partial charge in [0.15, 0.2) is 0 Å². The van der Waals surface area contributed by atoms with E-state index in [1.807, 2.05) is 6.07 Å². The first-order chi connectivity index (χ1) is 6.33. The molecule has 2 nitrogen and oxygen atoms in total. The maximum atomic E-state index is 10.1. The topological polar surface area (TPSA) is 29.4 Å². The first-order valence-electron chi connectivity index (χ1n) is 3.79. The molecule has 1 aromatic carbocycles. The Bertz CT molecular complexity index is 387. The molecule has 0 radical (unpaired) electrons. The predicted molar refractivity (Wildman–Crippen MR) is 54.4 cm³/mol. The van der Waals surface area contributed by atoms with Gasteiger partial charge in [-0.15, -0.1) is 0 Å². The summed E-state index contributed by atoms with van der Waals surface area (Å²) in [7, 11) is 0. The minimum atomic E-state index is 0.572. The standard InChI is InChI=1S/C11H9NO/c1-3-9-6-5-7-11(12-8-13)10(9)4-2/h3-7H,1-2H2. The van der Waals surface area contributed by atoms with Gasteiger partial charge >= 0.3 is 0 Å². The molecule has 1 rings (SSSR count). The maximum absolute atomic E-state index is 10.1. The summed E-state index contributed by atoms with van der Waals surface area (Å²) >= 11 is 0. The monoisotopic (exact) mass is 171 g/mol. The highest BCUT2D eigenvalue weighted by Crippen LogP contribution is 2.24. The molecule has 0 bridgehead atoms. The normalized spacial score (nSPS) is 8.62. The quantitative estimate of drug-likeness (QED) is 0.507. The summed E-state index contributed by atoms with van der Waals surface area (Å²) in [4.78, 5) is 13.7. The lowest BCUT2D eigenvalue weighted by molar-refractivity contribution is 0.565. The van der Waals surface area contributed by atoms with Gasteiger partial charge in [0.25, 0.3) is 0 Å². The van der Waals surface area contributed by atoms with Crippen LogP contribution < -0.4 is 0 Å². The molecule has 0 amide bonds. The number of carbonyl (C=O) groups excluding carboxylic acids is 1. The first-order valence-corrected chi connectivity index (χ1v) is 3.79. The van der Waals surface area contributed by atoms with Crippen molar-refractivity contribution in [2.75, 3.05) is 0 Å². The van der Waals surface area contributed by atoms with Crippen molar-refractivity contribution in [1.82, 2.24) is 0 Å². The van der Waals surface area contributed by atoms with Crippen LogP contribution >= 0.6 is 0 Å². The number of hydrogen-bond donors (Lipinski definition) is 0. The van der Waals surface area contributed by atoms with Gasteiger partial charge in [0.1, 0.15) is 0 Å². The van der Waals surface area contributed by atoms with Crippen LogP contribution in [0.2, 0.25) is 0 Å². The molecule has 0 aliphatic heterocycles. The Balaban J connectivity index is 3.42. The Morgan fingerprint density at radius 3 is 2.62 bits per heavy atom. The molecule has 0 aromatic heterocycles. The van der Waals surface area contributed by atoms with E-state index in [9.17, 15) is 4.79 Å².